The molecule has 0 saturated carbocycles. The number of Topliss-reactive ketones (excluding diaryl/α,β-unsaturated/α-hetero) is 1. The molecule has 2 N–H and O–H groups in total. The molecule has 0 unspecified atom stereocenters. The minimum atomic E-state index is -2.04. The smallest absolute Gasteiger partial charge is 0.258 e. The molecular formula is C14H16N2O3S. The molecule has 6 heteroatoms. The van der Waals surface area contributed by atoms with Crippen LogP contribution in [0.25, 0.3) is 0 Å². The number of ketones is 1. The fourth-order valence-electron chi connectivity index (χ4n) is 3.31. The van der Waals surface area contributed by atoms with Crippen molar-refractivity contribution >= 4 is 23.1 Å². The summed E-state index contributed by atoms with van der Waals surface area (Å²) >= 11 is 5.32. The van der Waals surface area contributed by atoms with Crippen LogP contribution in [0.4, 0.5) is 0 Å². The fraction of sp³-hybridized carbons (Fsp3) is 0.429. The second kappa shape index (κ2) is 4.00. The van der Waals surface area contributed by atoms with Crippen LogP contribution in [-0.4, -0.2) is 49.7 Å². The molecule has 0 aromatic heterocycles. The number of rotatable bonds is 2. The molecule has 20 heavy (non-hydrogen) atoms. The summed E-state index contributed by atoms with van der Waals surface area (Å²) in [5.41, 5.74) is -3.11. The zero-order valence-corrected chi connectivity index (χ0v) is 12.1. The Hall–Kier alpha value is -1.50. The van der Waals surface area contributed by atoms with Crippen molar-refractivity contribution in [2.45, 2.75) is 25.3 Å². The lowest BCUT2D eigenvalue weighted by Crippen LogP contribution is -2.60. The molecule has 0 spiro atoms. The number of benzene rings is 1. The summed E-state index contributed by atoms with van der Waals surface area (Å²) in [7, 11) is 0. The fourth-order valence-corrected chi connectivity index (χ4v) is 3.84. The lowest BCUT2D eigenvalue weighted by atomic mass is 9.98. The van der Waals surface area contributed by atoms with Crippen LogP contribution < -0.4 is 0 Å². The number of nitrogens with zero attached hydrogens (tertiary/aromatic N) is 2. The van der Waals surface area contributed by atoms with Gasteiger partial charge in [0.05, 0.1) is 0 Å². The second-order valence-electron chi connectivity index (χ2n) is 4.99. The van der Waals surface area contributed by atoms with E-state index in [0.717, 1.165) is 0 Å². The van der Waals surface area contributed by atoms with Crippen LogP contribution in [0, 0.1) is 0 Å². The van der Waals surface area contributed by atoms with Gasteiger partial charge < -0.3 is 20.0 Å². The van der Waals surface area contributed by atoms with E-state index < -0.39 is 17.2 Å². The SMILES string of the molecule is CCN1C(=S)N(CC)[C@@]2(O)c3ccccc3C(=O)[C@@]12O. The maximum Gasteiger partial charge on any atom is 0.258 e. The van der Waals surface area contributed by atoms with Crippen LogP contribution in [-0.2, 0) is 5.72 Å². The molecule has 1 saturated heterocycles. The number of likely N-dealkylation sites (N-methyl/N-ethyl adjacent to an activating group) is 2. The van der Waals surface area contributed by atoms with E-state index in [2.05, 4.69) is 0 Å². The standard InChI is InChI=1S/C14H16N2O3S/c1-3-15-12(20)16(4-2)14(19)11(17)9-7-5-6-8-10(9)13(14,15)18/h5-8,18-19H,3-4H2,1-2H3/t13-,14+/m1/s1. The zero-order valence-electron chi connectivity index (χ0n) is 11.3. The van der Waals surface area contributed by atoms with Gasteiger partial charge in [0.15, 0.2) is 5.11 Å². The monoisotopic (exact) mass is 292 g/mol. The number of hydrogen-bond donors (Lipinski definition) is 2. The highest BCUT2D eigenvalue weighted by Crippen LogP contribution is 2.52. The van der Waals surface area contributed by atoms with Crippen molar-refractivity contribution in [2.75, 3.05) is 13.1 Å². The van der Waals surface area contributed by atoms with Crippen LogP contribution in [0.1, 0.15) is 29.8 Å². The topological polar surface area (TPSA) is 64.0 Å². The van der Waals surface area contributed by atoms with Gasteiger partial charge in [-0.1, -0.05) is 24.3 Å². The third-order valence-corrected chi connectivity index (χ3v) is 4.67. The van der Waals surface area contributed by atoms with E-state index in [4.69, 9.17) is 12.2 Å². The molecule has 1 heterocycles. The van der Waals surface area contributed by atoms with E-state index in [0.29, 0.717) is 29.3 Å². The van der Waals surface area contributed by atoms with E-state index in [1.807, 2.05) is 6.92 Å². The number of fused-ring (bicyclic) bond motifs is 3. The Labute approximate surface area is 122 Å². The number of aliphatic hydroxyl groups is 2. The number of thiocarbonyl (C=S) groups is 1. The summed E-state index contributed by atoms with van der Waals surface area (Å²) < 4.78 is 0. The molecule has 5 nitrogen and oxygen atoms in total. The summed E-state index contributed by atoms with van der Waals surface area (Å²) in [6.45, 7) is 4.36. The second-order valence-corrected chi connectivity index (χ2v) is 5.36. The summed E-state index contributed by atoms with van der Waals surface area (Å²) in [5, 5.41) is 22.5. The van der Waals surface area contributed by atoms with Crippen LogP contribution >= 0.6 is 12.2 Å². The van der Waals surface area contributed by atoms with Crippen molar-refractivity contribution in [1.82, 2.24) is 9.80 Å². The molecule has 1 aromatic carbocycles. The van der Waals surface area contributed by atoms with Gasteiger partial charge in [0.25, 0.3) is 5.72 Å². The lowest BCUT2D eigenvalue weighted by Gasteiger charge is -2.36. The predicted octanol–water partition coefficient (Wildman–Crippen LogP) is 0.659. The Bertz CT molecular complexity index is 620. The number of carbonyl (C=O) groups is 1. The minimum absolute atomic E-state index is 0.294. The van der Waals surface area contributed by atoms with Crippen molar-refractivity contribution in [1.29, 1.82) is 0 Å². The largest absolute Gasteiger partial charge is 0.363 e. The van der Waals surface area contributed by atoms with Gasteiger partial charge in [0, 0.05) is 24.2 Å². The normalized spacial score (nSPS) is 31.8. The van der Waals surface area contributed by atoms with Crippen molar-refractivity contribution in [2.24, 2.45) is 0 Å². The van der Waals surface area contributed by atoms with Gasteiger partial charge in [-0.25, -0.2) is 0 Å². The molecule has 2 atom stereocenters. The first-order chi connectivity index (χ1) is 9.44. The minimum Gasteiger partial charge on any atom is -0.363 e. The van der Waals surface area contributed by atoms with Crippen LogP contribution in [0.15, 0.2) is 24.3 Å². The molecule has 1 aromatic rings. The number of carbonyl (C=O) groups excluding carboxylic acids is 1. The van der Waals surface area contributed by atoms with E-state index >= 15 is 0 Å². The summed E-state index contributed by atoms with van der Waals surface area (Å²) in [4.78, 5) is 15.6. The molecule has 106 valence electrons. The average Bonchev–Trinajstić information content (AvgIpc) is 2.73. The molecule has 1 aliphatic carbocycles. The van der Waals surface area contributed by atoms with Crippen LogP contribution in [0.2, 0.25) is 0 Å². The van der Waals surface area contributed by atoms with Gasteiger partial charge >= 0.3 is 0 Å². The van der Waals surface area contributed by atoms with E-state index in [-0.39, 0.29) is 0 Å². The Morgan fingerprint density at radius 3 is 2.25 bits per heavy atom. The summed E-state index contributed by atoms with van der Waals surface area (Å²) in [6, 6.07) is 6.74. The first kappa shape index (κ1) is 13.5. The molecule has 1 fully saturated rings. The Morgan fingerprint density at radius 1 is 1.10 bits per heavy atom. The summed E-state index contributed by atoms with van der Waals surface area (Å²) in [5.74, 6) is -0.504. The molecule has 2 aliphatic rings. The van der Waals surface area contributed by atoms with Gasteiger partial charge in [-0.2, -0.15) is 0 Å². The Kier molecular flexibility index (Phi) is 2.70. The van der Waals surface area contributed by atoms with Crippen molar-refractivity contribution < 1.29 is 15.0 Å². The van der Waals surface area contributed by atoms with E-state index in [1.54, 1.807) is 31.2 Å². The highest BCUT2D eigenvalue weighted by atomic mass is 32.1. The highest BCUT2D eigenvalue weighted by Gasteiger charge is 2.73. The molecule has 3 rings (SSSR count). The van der Waals surface area contributed by atoms with Crippen molar-refractivity contribution in [3.63, 3.8) is 0 Å². The molecule has 0 radical (unpaired) electrons. The van der Waals surface area contributed by atoms with Crippen molar-refractivity contribution in [3.05, 3.63) is 35.4 Å². The molecule has 0 bridgehead atoms. The Balaban J connectivity index is 2.34. The highest BCUT2D eigenvalue weighted by molar-refractivity contribution is 7.80. The van der Waals surface area contributed by atoms with Gasteiger partial charge in [-0.15, -0.1) is 0 Å². The average molecular weight is 292 g/mol. The first-order valence-corrected chi connectivity index (χ1v) is 7.03. The van der Waals surface area contributed by atoms with Gasteiger partial charge in [-0.3, -0.25) is 4.79 Å². The van der Waals surface area contributed by atoms with Gasteiger partial charge in [-0.05, 0) is 26.1 Å². The van der Waals surface area contributed by atoms with E-state index in [9.17, 15) is 15.0 Å². The zero-order chi connectivity index (χ0) is 14.7. The third kappa shape index (κ3) is 1.16. The molecule has 0 amide bonds. The van der Waals surface area contributed by atoms with Crippen LogP contribution in [0.3, 0.4) is 0 Å². The quantitative estimate of drug-likeness (QED) is 0.781. The lowest BCUT2D eigenvalue weighted by molar-refractivity contribution is -0.199. The van der Waals surface area contributed by atoms with E-state index in [1.165, 1.54) is 9.80 Å². The third-order valence-electron chi connectivity index (χ3n) is 4.23. The summed E-state index contributed by atoms with van der Waals surface area (Å²) in [6.07, 6.45) is 0. The first-order valence-electron chi connectivity index (χ1n) is 6.62. The van der Waals surface area contributed by atoms with Gasteiger partial charge in [0.2, 0.25) is 11.5 Å². The molecule has 1 aliphatic heterocycles. The maximum atomic E-state index is 12.6. The Morgan fingerprint density at radius 2 is 1.65 bits per heavy atom. The predicted molar refractivity (Wildman–Crippen MR) is 77.0 cm³/mol. The number of hydrogen-bond acceptors (Lipinski definition) is 4. The molecular weight excluding hydrogens is 276 g/mol. The maximum absolute atomic E-state index is 12.6. The van der Waals surface area contributed by atoms with Crippen LogP contribution in [0.5, 0.6) is 0 Å². The van der Waals surface area contributed by atoms with Gasteiger partial charge in [0.1, 0.15) is 0 Å². The van der Waals surface area contributed by atoms with Crippen molar-refractivity contribution in [3.8, 4) is 0 Å².